The Labute approximate surface area is 105 Å². The Morgan fingerprint density at radius 3 is 2.56 bits per heavy atom. The SMILES string of the molecule is CCOC(=O)C(C)=CN(CC)C1SC=CS1. The van der Waals surface area contributed by atoms with E-state index < -0.39 is 0 Å². The standard InChI is InChI=1S/C11H17NO2S2/c1-4-12(11-15-6-7-16-11)8-9(3)10(13)14-5-2/h6-8,11H,4-5H2,1-3H3. The highest BCUT2D eigenvalue weighted by Gasteiger charge is 2.18. The van der Waals surface area contributed by atoms with E-state index in [2.05, 4.69) is 22.6 Å². The molecule has 0 saturated heterocycles. The van der Waals surface area contributed by atoms with Crippen molar-refractivity contribution >= 4 is 29.5 Å². The second-order valence-corrected chi connectivity index (χ2v) is 5.49. The normalized spacial score (nSPS) is 16.6. The number of hydrogen-bond acceptors (Lipinski definition) is 5. The fraction of sp³-hybridized carbons (Fsp3) is 0.545. The number of carbonyl (C=O) groups is 1. The lowest BCUT2D eigenvalue weighted by Crippen LogP contribution is -2.24. The lowest BCUT2D eigenvalue weighted by molar-refractivity contribution is -0.138. The van der Waals surface area contributed by atoms with Crippen molar-refractivity contribution < 1.29 is 9.53 Å². The highest BCUT2D eigenvalue weighted by Crippen LogP contribution is 2.36. The monoisotopic (exact) mass is 259 g/mol. The number of carbonyl (C=O) groups excluding carboxylic acids is 1. The third-order valence-corrected chi connectivity index (χ3v) is 4.47. The number of nitrogens with zero attached hydrogens (tertiary/aromatic N) is 1. The molecule has 0 amide bonds. The van der Waals surface area contributed by atoms with Crippen LogP contribution in [0.15, 0.2) is 22.6 Å². The van der Waals surface area contributed by atoms with Crippen LogP contribution in [0.25, 0.3) is 0 Å². The zero-order valence-corrected chi connectivity index (χ0v) is 11.4. The van der Waals surface area contributed by atoms with Crippen LogP contribution in [0, 0.1) is 0 Å². The van der Waals surface area contributed by atoms with E-state index in [1.807, 2.05) is 13.1 Å². The molecule has 0 aromatic heterocycles. The van der Waals surface area contributed by atoms with Gasteiger partial charge in [0, 0.05) is 18.3 Å². The van der Waals surface area contributed by atoms with E-state index in [0.29, 0.717) is 16.9 Å². The zero-order chi connectivity index (χ0) is 12.0. The maximum Gasteiger partial charge on any atom is 0.335 e. The Kier molecular flexibility index (Phi) is 5.84. The molecule has 0 aliphatic carbocycles. The van der Waals surface area contributed by atoms with Crippen molar-refractivity contribution in [1.82, 2.24) is 4.90 Å². The molecule has 0 radical (unpaired) electrons. The second kappa shape index (κ2) is 6.91. The first-order valence-electron chi connectivity index (χ1n) is 5.26. The summed E-state index contributed by atoms with van der Waals surface area (Å²) in [6.07, 6.45) is 1.88. The van der Waals surface area contributed by atoms with Crippen molar-refractivity contribution in [2.75, 3.05) is 13.2 Å². The van der Waals surface area contributed by atoms with Gasteiger partial charge in [-0.25, -0.2) is 4.79 Å². The molecule has 0 aromatic rings. The summed E-state index contributed by atoms with van der Waals surface area (Å²) in [6, 6.07) is 0. The quantitative estimate of drug-likeness (QED) is 0.559. The third-order valence-electron chi connectivity index (χ3n) is 2.04. The highest BCUT2D eigenvalue weighted by molar-refractivity contribution is 8.22. The van der Waals surface area contributed by atoms with Crippen molar-refractivity contribution in [3.8, 4) is 0 Å². The van der Waals surface area contributed by atoms with Gasteiger partial charge in [0.05, 0.1) is 6.61 Å². The van der Waals surface area contributed by atoms with E-state index in [1.54, 1.807) is 30.4 Å². The first-order valence-corrected chi connectivity index (χ1v) is 7.14. The Morgan fingerprint density at radius 1 is 1.44 bits per heavy atom. The molecule has 90 valence electrons. The topological polar surface area (TPSA) is 29.5 Å². The van der Waals surface area contributed by atoms with Gasteiger partial charge in [-0.2, -0.15) is 0 Å². The predicted octanol–water partition coefficient (Wildman–Crippen LogP) is 3.01. The van der Waals surface area contributed by atoms with Crippen molar-refractivity contribution in [3.63, 3.8) is 0 Å². The highest BCUT2D eigenvalue weighted by atomic mass is 32.2. The van der Waals surface area contributed by atoms with Crippen LogP contribution in [-0.4, -0.2) is 28.7 Å². The lowest BCUT2D eigenvalue weighted by atomic mass is 10.3. The van der Waals surface area contributed by atoms with Crippen molar-refractivity contribution in [3.05, 3.63) is 22.6 Å². The minimum Gasteiger partial charge on any atom is -0.463 e. The van der Waals surface area contributed by atoms with Gasteiger partial charge in [-0.15, -0.1) is 0 Å². The van der Waals surface area contributed by atoms with Gasteiger partial charge in [-0.1, -0.05) is 23.5 Å². The van der Waals surface area contributed by atoms with Gasteiger partial charge in [0.1, 0.15) is 4.71 Å². The fourth-order valence-corrected chi connectivity index (χ4v) is 3.39. The van der Waals surface area contributed by atoms with Gasteiger partial charge in [0.2, 0.25) is 0 Å². The number of rotatable bonds is 5. The maximum absolute atomic E-state index is 11.5. The van der Waals surface area contributed by atoms with E-state index in [4.69, 9.17) is 4.74 Å². The molecule has 0 N–H and O–H groups in total. The summed E-state index contributed by atoms with van der Waals surface area (Å²) in [5.41, 5.74) is 0.650. The first-order chi connectivity index (χ1) is 7.69. The van der Waals surface area contributed by atoms with Crippen LogP contribution in [-0.2, 0) is 9.53 Å². The Bertz CT molecular complexity index is 294. The van der Waals surface area contributed by atoms with E-state index in [9.17, 15) is 4.79 Å². The van der Waals surface area contributed by atoms with Crippen molar-refractivity contribution in [2.45, 2.75) is 25.5 Å². The number of esters is 1. The molecule has 0 saturated carbocycles. The molecular weight excluding hydrogens is 242 g/mol. The van der Waals surface area contributed by atoms with Gasteiger partial charge < -0.3 is 9.64 Å². The zero-order valence-electron chi connectivity index (χ0n) is 9.80. The first kappa shape index (κ1) is 13.5. The average Bonchev–Trinajstić information content (AvgIpc) is 2.79. The summed E-state index contributed by atoms with van der Waals surface area (Å²) in [6.45, 7) is 6.98. The molecule has 0 unspecified atom stereocenters. The Hall–Kier alpha value is -0.550. The predicted molar refractivity (Wildman–Crippen MR) is 70.9 cm³/mol. The van der Waals surface area contributed by atoms with Crippen LogP contribution in [0.5, 0.6) is 0 Å². The molecule has 1 aliphatic rings. The van der Waals surface area contributed by atoms with Crippen molar-refractivity contribution in [2.24, 2.45) is 0 Å². The minimum absolute atomic E-state index is 0.234. The van der Waals surface area contributed by atoms with Gasteiger partial charge in [0.15, 0.2) is 0 Å². The Balaban J connectivity index is 2.59. The van der Waals surface area contributed by atoms with Gasteiger partial charge in [-0.3, -0.25) is 0 Å². The Morgan fingerprint density at radius 2 is 2.06 bits per heavy atom. The number of ether oxygens (including phenoxy) is 1. The van der Waals surface area contributed by atoms with Crippen LogP contribution in [0.4, 0.5) is 0 Å². The molecule has 0 atom stereocenters. The van der Waals surface area contributed by atoms with Crippen LogP contribution in [0.1, 0.15) is 20.8 Å². The van der Waals surface area contributed by atoms with Crippen molar-refractivity contribution in [1.29, 1.82) is 0 Å². The third kappa shape index (κ3) is 3.79. The summed E-state index contributed by atoms with van der Waals surface area (Å²) in [5, 5.41) is 4.15. The largest absolute Gasteiger partial charge is 0.463 e. The summed E-state index contributed by atoms with van der Waals surface area (Å²) in [7, 11) is 0. The summed E-state index contributed by atoms with van der Waals surface area (Å²) < 4.78 is 5.29. The van der Waals surface area contributed by atoms with Gasteiger partial charge in [0.25, 0.3) is 0 Å². The fourth-order valence-electron chi connectivity index (χ4n) is 1.23. The molecule has 3 nitrogen and oxygen atoms in total. The second-order valence-electron chi connectivity index (χ2n) is 3.21. The average molecular weight is 259 g/mol. The molecule has 0 fully saturated rings. The molecule has 5 heteroatoms. The maximum atomic E-state index is 11.5. The van der Waals surface area contributed by atoms with Gasteiger partial charge in [-0.05, 0) is 31.6 Å². The molecule has 1 heterocycles. The summed E-state index contributed by atoms with van der Waals surface area (Å²) >= 11 is 3.51. The van der Waals surface area contributed by atoms with E-state index in [1.165, 1.54) is 0 Å². The van der Waals surface area contributed by atoms with Crippen LogP contribution < -0.4 is 0 Å². The molecule has 16 heavy (non-hydrogen) atoms. The number of hydrogen-bond donors (Lipinski definition) is 0. The molecule has 0 spiro atoms. The molecule has 0 aromatic carbocycles. The van der Waals surface area contributed by atoms with Gasteiger partial charge >= 0.3 is 5.97 Å². The van der Waals surface area contributed by atoms with E-state index in [-0.39, 0.29) is 5.97 Å². The van der Waals surface area contributed by atoms with E-state index in [0.717, 1.165) is 6.54 Å². The molecular formula is C11H17NO2S2. The minimum atomic E-state index is -0.234. The van der Waals surface area contributed by atoms with Crippen LogP contribution in [0.3, 0.4) is 0 Å². The van der Waals surface area contributed by atoms with Crippen LogP contribution >= 0.6 is 23.5 Å². The molecule has 1 aliphatic heterocycles. The lowest BCUT2D eigenvalue weighted by Gasteiger charge is -2.24. The molecule has 1 rings (SSSR count). The van der Waals surface area contributed by atoms with Crippen LogP contribution in [0.2, 0.25) is 0 Å². The smallest absolute Gasteiger partial charge is 0.335 e. The van der Waals surface area contributed by atoms with E-state index >= 15 is 0 Å². The number of thioether (sulfide) groups is 2. The summed E-state index contributed by atoms with van der Waals surface area (Å²) in [4.78, 5) is 13.6. The molecule has 0 bridgehead atoms. The summed E-state index contributed by atoms with van der Waals surface area (Å²) in [5.74, 6) is -0.234.